The van der Waals surface area contributed by atoms with Crippen molar-refractivity contribution < 1.29 is 0 Å². The van der Waals surface area contributed by atoms with E-state index in [-0.39, 0.29) is 0 Å². The van der Waals surface area contributed by atoms with E-state index in [4.69, 9.17) is 0 Å². The fourth-order valence-electron chi connectivity index (χ4n) is 11.1. The average Bonchev–Trinajstić information content (AvgIpc) is 3.33. The normalized spacial score (nSPS) is 12.1. The van der Waals surface area contributed by atoms with Gasteiger partial charge in [-0.3, -0.25) is 0 Å². The fraction of sp³-hybridized carbons (Fsp3) is 0.373. The van der Waals surface area contributed by atoms with Crippen molar-refractivity contribution >= 4 is 11.9 Å². The minimum absolute atomic E-state index is 0.333. The summed E-state index contributed by atoms with van der Waals surface area (Å²) in [6.07, 6.45) is 0. The van der Waals surface area contributed by atoms with Crippen LogP contribution < -0.4 is 0 Å². The fourth-order valence-corrected chi connectivity index (χ4v) is 11.5. The molecule has 364 valence electrons. The molecule has 7 aromatic carbocycles. The summed E-state index contributed by atoms with van der Waals surface area (Å²) in [5, 5.41) is 0. The van der Waals surface area contributed by atoms with Crippen LogP contribution in [0.4, 0.5) is 0 Å². The quantitative estimate of drug-likeness (QED) is 0.0517. The SMILES string of the molecule is CC(C)c1cccc(C(C)C)c1-c1cc(-c2cccc(-c3cc(-c4c(C(C)C)cccc4C(C)C)cc(-c4c(C(C)C)cccc4C(C)C)c3)c2CS[15N]=O)cc(-c2c(C(C)C)cccc2C(C)C)c1. The Hall–Kier alpha value is -5.51. The molecule has 0 spiro atoms. The third kappa shape index (κ3) is 10.7. The van der Waals surface area contributed by atoms with E-state index in [1.807, 2.05) is 0 Å². The molecule has 0 fully saturated rings. The van der Waals surface area contributed by atoms with Gasteiger partial charge in [0.2, 0.25) is 0 Å². The van der Waals surface area contributed by atoms with Gasteiger partial charge in [0.1, 0.15) is 0 Å². The van der Waals surface area contributed by atoms with Crippen molar-refractivity contribution in [2.75, 3.05) is 0 Å². The van der Waals surface area contributed by atoms with Gasteiger partial charge in [-0.1, -0.05) is 202 Å². The van der Waals surface area contributed by atoms with E-state index < -0.39 is 0 Å². The van der Waals surface area contributed by atoms with Crippen molar-refractivity contribution in [2.24, 2.45) is 4.58 Å². The smallest absolute Gasteiger partial charge is 0.0450 e. The van der Waals surface area contributed by atoms with E-state index in [9.17, 15) is 4.91 Å². The lowest BCUT2D eigenvalue weighted by Crippen LogP contribution is -2.03. The molecule has 0 aliphatic heterocycles. The summed E-state index contributed by atoms with van der Waals surface area (Å²) in [6.45, 7) is 37.1. The van der Waals surface area contributed by atoms with Crippen LogP contribution in [0.25, 0.3) is 66.8 Å². The van der Waals surface area contributed by atoms with Crippen LogP contribution in [0.5, 0.6) is 0 Å². The van der Waals surface area contributed by atoms with Gasteiger partial charge in [0, 0.05) is 22.3 Å². The maximum absolute atomic E-state index is 12.4. The highest BCUT2D eigenvalue weighted by molar-refractivity contribution is 7.97. The summed E-state index contributed by atoms with van der Waals surface area (Å²) in [7, 11) is 0. The molecule has 0 aliphatic rings. The number of hydrogen-bond acceptors (Lipinski definition) is 3. The van der Waals surface area contributed by atoms with Gasteiger partial charge < -0.3 is 0 Å². The largest absolute Gasteiger partial charge is 0.137 e. The van der Waals surface area contributed by atoms with Crippen LogP contribution in [0.15, 0.2) is 132 Å². The molecule has 3 heteroatoms. The monoisotopic (exact) mass is 947 g/mol. The maximum atomic E-state index is 12.4. The molecule has 0 N–H and O–H groups in total. The third-order valence-corrected chi connectivity index (χ3v) is 15.1. The highest BCUT2D eigenvalue weighted by atomic mass is 32.2. The lowest BCUT2D eigenvalue weighted by atomic mass is 9.79. The van der Waals surface area contributed by atoms with Crippen LogP contribution >= 0.6 is 11.9 Å². The van der Waals surface area contributed by atoms with Gasteiger partial charge in [0.05, 0.1) is 0 Å². The van der Waals surface area contributed by atoms with E-state index >= 15 is 0 Å². The van der Waals surface area contributed by atoms with E-state index in [0.29, 0.717) is 53.1 Å². The molecule has 2 nitrogen and oxygen atoms in total. The van der Waals surface area contributed by atoms with Crippen molar-refractivity contribution in [1.82, 2.24) is 0 Å². The van der Waals surface area contributed by atoms with Gasteiger partial charge in [-0.15, -0.1) is 4.91 Å². The second kappa shape index (κ2) is 22.3. The first-order chi connectivity index (χ1) is 33.3. The van der Waals surface area contributed by atoms with E-state index in [1.54, 1.807) is 0 Å². The van der Waals surface area contributed by atoms with Gasteiger partial charge in [-0.2, -0.15) is 0 Å². The number of nitrogens with zero attached hydrogens (tertiary/aromatic N) is 1. The topological polar surface area (TPSA) is 29.4 Å². The predicted octanol–water partition coefficient (Wildman–Crippen LogP) is 21.6. The summed E-state index contributed by atoms with van der Waals surface area (Å²) in [5.41, 5.74) is 26.8. The molecule has 0 heterocycles. The second-order valence-corrected chi connectivity index (χ2v) is 23.0. The molecule has 0 saturated carbocycles. The minimum atomic E-state index is 0.333. The molecular formula is C67H79NOS. The van der Waals surface area contributed by atoms with Crippen molar-refractivity contribution in [1.29, 1.82) is 0 Å². The molecule has 0 amide bonds. The van der Waals surface area contributed by atoms with Crippen LogP contribution in [-0.4, -0.2) is 0 Å². The number of hydrogen-bond donors (Lipinski definition) is 0. The Kier molecular flexibility index (Phi) is 16.7. The Morgan fingerprint density at radius 3 is 0.714 bits per heavy atom. The van der Waals surface area contributed by atoms with E-state index in [0.717, 1.165) is 39.8 Å². The van der Waals surface area contributed by atoms with Gasteiger partial charge in [0.25, 0.3) is 0 Å². The van der Waals surface area contributed by atoms with Gasteiger partial charge in [0.15, 0.2) is 0 Å². The molecular weight excluding hydrogens is 868 g/mol. The van der Waals surface area contributed by atoms with Gasteiger partial charge >= 0.3 is 0 Å². The summed E-state index contributed by atoms with van der Waals surface area (Å²) < 4.78 is 3.48. The molecule has 0 radical (unpaired) electrons. The molecule has 0 aliphatic carbocycles. The molecule has 0 atom stereocenters. The summed E-state index contributed by atoms with van der Waals surface area (Å²) in [4.78, 5) is 12.4. The molecule has 0 saturated heterocycles. The standard InChI is InChI=1S/C67H79NOS/c1-39(2)53-22-17-23-54(40(3)4)64(53)49-32-47(33-50(36-49)65-55(41(5)6)24-18-25-56(65)42(7)8)61-30-21-31-62(63(61)38-70-68-69)48-34-51(66-57(43(9)10)26-19-27-58(66)44(11)12)37-52(35-48)67-59(45(13)14)28-20-29-60(67)46(15)16/h17-37,39-46H,38H2,1-16H3/i68+1. The zero-order valence-corrected chi connectivity index (χ0v) is 46.0. The number of rotatable bonds is 17. The molecule has 0 aromatic heterocycles. The predicted molar refractivity (Wildman–Crippen MR) is 309 cm³/mol. The van der Waals surface area contributed by atoms with Crippen LogP contribution in [-0.2, 0) is 5.75 Å². The van der Waals surface area contributed by atoms with Crippen molar-refractivity contribution in [2.45, 2.75) is 164 Å². The lowest BCUT2D eigenvalue weighted by Gasteiger charge is -2.25. The Bertz CT molecular complexity index is 2520. The molecule has 70 heavy (non-hydrogen) atoms. The van der Waals surface area contributed by atoms with Gasteiger partial charge in [-0.25, -0.2) is 0 Å². The van der Waals surface area contributed by atoms with E-state index in [1.165, 1.54) is 89.0 Å². The highest BCUT2D eigenvalue weighted by Gasteiger charge is 2.25. The number of benzene rings is 7. The number of nitroso groups, excluding NO2 is 1. The van der Waals surface area contributed by atoms with Crippen LogP contribution in [0, 0.1) is 4.91 Å². The summed E-state index contributed by atoms with van der Waals surface area (Å²) >= 11 is 1.10. The highest BCUT2D eigenvalue weighted by Crippen LogP contribution is 2.48. The van der Waals surface area contributed by atoms with Crippen LogP contribution in [0.3, 0.4) is 0 Å². The molecule has 0 bridgehead atoms. The van der Waals surface area contributed by atoms with E-state index in [2.05, 4.69) is 243 Å². The summed E-state index contributed by atoms with van der Waals surface area (Å²) in [5.74, 6) is 3.10. The first-order valence-corrected chi connectivity index (χ1v) is 27.2. The Labute approximate surface area is 427 Å². The molecule has 0 unspecified atom stereocenters. The zero-order valence-electron chi connectivity index (χ0n) is 45.2. The summed E-state index contributed by atoms with van der Waals surface area (Å²) in [6, 6.07) is 49.1. The first-order valence-electron chi connectivity index (χ1n) is 26.2. The van der Waals surface area contributed by atoms with Crippen molar-refractivity contribution in [3.8, 4) is 66.8 Å². The lowest BCUT2D eigenvalue weighted by molar-refractivity contribution is 0.836. The average molecular weight is 947 g/mol. The third-order valence-electron chi connectivity index (χ3n) is 14.6. The zero-order chi connectivity index (χ0) is 50.7. The van der Waals surface area contributed by atoms with Crippen molar-refractivity contribution in [3.05, 3.63) is 182 Å². The van der Waals surface area contributed by atoms with Crippen LogP contribution in [0.1, 0.15) is 208 Å². The molecule has 7 rings (SSSR count). The second-order valence-electron chi connectivity index (χ2n) is 22.3. The maximum Gasteiger partial charge on any atom is 0.0450 e. The Balaban J connectivity index is 1.64. The minimum Gasteiger partial charge on any atom is -0.137 e. The molecule has 7 aromatic rings. The van der Waals surface area contributed by atoms with Crippen LogP contribution in [0.2, 0.25) is 0 Å². The van der Waals surface area contributed by atoms with Crippen molar-refractivity contribution in [3.63, 3.8) is 0 Å². The first kappa shape index (κ1) is 52.3. The Morgan fingerprint density at radius 1 is 0.314 bits per heavy atom. The van der Waals surface area contributed by atoms with Gasteiger partial charge in [-0.05, 0) is 201 Å². The Morgan fingerprint density at radius 2 is 0.514 bits per heavy atom.